The second kappa shape index (κ2) is 5.78. The zero-order valence-electron chi connectivity index (χ0n) is 11.6. The summed E-state index contributed by atoms with van der Waals surface area (Å²) >= 11 is 0. The lowest BCUT2D eigenvalue weighted by atomic mass is 10.5. The minimum absolute atomic E-state index is 0.00699. The lowest BCUT2D eigenvalue weighted by Gasteiger charge is -2.14. The molecular formula is C12H19N5O2S. The summed E-state index contributed by atoms with van der Waals surface area (Å²) in [6, 6.07) is 5.22. The molecule has 3 N–H and O–H groups in total. The largest absolute Gasteiger partial charge is 0.381 e. The number of rotatable bonds is 6. The molecule has 8 heteroatoms. The molecule has 0 aliphatic rings. The summed E-state index contributed by atoms with van der Waals surface area (Å²) in [6.07, 6.45) is 1.63. The van der Waals surface area contributed by atoms with Crippen LogP contribution in [0.25, 0.3) is 5.65 Å². The number of nitrogen functional groups attached to an aromatic ring is 1. The number of aromatic nitrogens is 2. The maximum Gasteiger partial charge on any atom is 0.260 e. The molecule has 0 radical (unpaired) electrons. The topological polar surface area (TPSA) is 92.7 Å². The first-order valence-electron chi connectivity index (χ1n) is 6.36. The monoisotopic (exact) mass is 297 g/mol. The zero-order valence-corrected chi connectivity index (χ0v) is 12.4. The molecule has 2 rings (SSSR count). The Balaban J connectivity index is 2.26. The van der Waals surface area contributed by atoms with Crippen LogP contribution in [0.1, 0.15) is 6.92 Å². The third-order valence-corrected chi connectivity index (χ3v) is 4.59. The molecule has 110 valence electrons. The fourth-order valence-electron chi connectivity index (χ4n) is 1.86. The standard InChI is InChI=1S/C12H19N5O2S/c1-3-16(2)9-7-14-20(18,19)12-11(13)15-10-6-4-5-8-17(10)12/h4-6,8,14H,3,7,9,13H2,1-2H3. The van der Waals surface area contributed by atoms with E-state index in [-0.39, 0.29) is 10.8 Å². The van der Waals surface area contributed by atoms with Gasteiger partial charge in [-0.3, -0.25) is 4.40 Å². The minimum atomic E-state index is -3.68. The Labute approximate surface area is 118 Å². The van der Waals surface area contributed by atoms with Gasteiger partial charge in [-0.2, -0.15) is 0 Å². The van der Waals surface area contributed by atoms with Gasteiger partial charge in [0.2, 0.25) is 0 Å². The van der Waals surface area contributed by atoms with Crippen LogP contribution < -0.4 is 10.5 Å². The Kier molecular flexibility index (Phi) is 4.26. The minimum Gasteiger partial charge on any atom is -0.381 e. The Morgan fingerprint density at radius 3 is 2.90 bits per heavy atom. The normalized spacial score (nSPS) is 12.3. The van der Waals surface area contributed by atoms with Gasteiger partial charge in [-0.25, -0.2) is 18.1 Å². The molecule has 0 fully saturated rings. The number of hydrogen-bond acceptors (Lipinski definition) is 5. The van der Waals surface area contributed by atoms with E-state index in [2.05, 4.69) is 9.71 Å². The van der Waals surface area contributed by atoms with Crippen LogP contribution in [0.15, 0.2) is 29.4 Å². The van der Waals surface area contributed by atoms with Crippen LogP contribution in [0, 0.1) is 0 Å². The van der Waals surface area contributed by atoms with E-state index in [1.165, 1.54) is 4.40 Å². The quantitative estimate of drug-likeness (QED) is 0.791. The Morgan fingerprint density at radius 2 is 2.20 bits per heavy atom. The first-order valence-corrected chi connectivity index (χ1v) is 7.85. The van der Waals surface area contributed by atoms with E-state index in [1.54, 1.807) is 24.4 Å². The smallest absolute Gasteiger partial charge is 0.260 e. The molecule has 2 heterocycles. The number of nitrogens with two attached hydrogens (primary N) is 1. The SMILES string of the molecule is CCN(C)CCNS(=O)(=O)c1c(N)nc2ccccn12. The first-order chi connectivity index (χ1) is 9.45. The van der Waals surface area contributed by atoms with E-state index in [1.807, 2.05) is 18.9 Å². The van der Waals surface area contributed by atoms with E-state index in [4.69, 9.17) is 5.73 Å². The summed E-state index contributed by atoms with van der Waals surface area (Å²) in [4.78, 5) is 6.06. The molecule has 0 unspecified atom stereocenters. The van der Waals surface area contributed by atoms with Gasteiger partial charge in [0.15, 0.2) is 10.8 Å². The van der Waals surface area contributed by atoms with Crippen molar-refractivity contribution >= 4 is 21.5 Å². The summed E-state index contributed by atoms with van der Waals surface area (Å²) in [5.74, 6) is 0.00699. The van der Waals surface area contributed by atoms with Gasteiger partial charge in [0.05, 0.1) is 0 Å². The highest BCUT2D eigenvalue weighted by Crippen LogP contribution is 2.19. The average molecular weight is 297 g/mol. The van der Waals surface area contributed by atoms with Gasteiger partial charge in [0, 0.05) is 19.3 Å². The maximum atomic E-state index is 12.3. The van der Waals surface area contributed by atoms with Crippen molar-refractivity contribution in [2.75, 3.05) is 32.4 Å². The maximum absolute atomic E-state index is 12.3. The van der Waals surface area contributed by atoms with Gasteiger partial charge < -0.3 is 10.6 Å². The van der Waals surface area contributed by atoms with E-state index in [0.717, 1.165) is 6.54 Å². The summed E-state index contributed by atoms with van der Waals surface area (Å²) in [5, 5.41) is -0.00717. The van der Waals surface area contributed by atoms with Gasteiger partial charge in [0.25, 0.3) is 10.0 Å². The van der Waals surface area contributed by atoms with Crippen molar-refractivity contribution in [3.63, 3.8) is 0 Å². The number of sulfonamides is 1. The summed E-state index contributed by atoms with van der Waals surface area (Å²) < 4.78 is 28.7. The molecule has 0 saturated heterocycles. The molecule has 0 aliphatic carbocycles. The summed E-state index contributed by atoms with van der Waals surface area (Å²) in [5.41, 5.74) is 6.25. The Hall–Kier alpha value is -1.64. The van der Waals surface area contributed by atoms with Crippen LogP contribution in [-0.4, -0.2) is 49.4 Å². The second-order valence-electron chi connectivity index (χ2n) is 4.52. The Morgan fingerprint density at radius 1 is 1.45 bits per heavy atom. The number of likely N-dealkylation sites (N-methyl/N-ethyl adjacent to an activating group) is 1. The lowest BCUT2D eigenvalue weighted by molar-refractivity contribution is 0.358. The molecule has 2 aromatic rings. The molecule has 0 bridgehead atoms. The number of nitrogens with zero attached hydrogens (tertiary/aromatic N) is 3. The lowest BCUT2D eigenvalue weighted by Crippen LogP contribution is -2.33. The van der Waals surface area contributed by atoms with Gasteiger partial charge >= 0.3 is 0 Å². The number of imidazole rings is 1. The van der Waals surface area contributed by atoms with Crippen molar-refractivity contribution in [2.45, 2.75) is 11.9 Å². The van der Waals surface area contributed by atoms with Crippen molar-refractivity contribution in [3.8, 4) is 0 Å². The molecule has 0 amide bonds. The van der Waals surface area contributed by atoms with Crippen LogP contribution in [0.2, 0.25) is 0 Å². The van der Waals surface area contributed by atoms with E-state index < -0.39 is 10.0 Å². The van der Waals surface area contributed by atoms with Gasteiger partial charge in [0.1, 0.15) is 5.65 Å². The molecule has 0 saturated carbocycles. The third-order valence-electron chi connectivity index (χ3n) is 3.09. The van der Waals surface area contributed by atoms with Crippen molar-refractivity contribution < 1.29 is 8.42 Å². The van der Waals surface area contributed by atoms with Crippen molar-refractivity contribution in [1.82, 2.24) is 19.0 Å². The molecule has 0 spiro atoms. The average Bonchev–Trinajstić information content (AvgIpc) is 2.74. The van der Waals surface area contributed by atoms with E-state index in [9.17, 15) is 8.42 Å². The Bertz CT molecular complexity index is 695. The van der Waals surface area contributed by atoms with Crippen molar-refractivity contribution in [3.05, 3.63) is 24.4 Å². The number of nitrogens with one attached hydrogen (secondary N) is 1. The molecular weight excluding hydrogens is 278 g/mol. The van der Waals surface area contributed by atoms with Gasteiger partial charge in [-0.05, 0) is 25.7 Å². The summed E-state index contributed by atoms with van der Waals surface area (Å²) in [7, 11) is -1.75. The molecule has 7 nitrogen and oxygen atoms in total. The molecule has 0 aliphatic heterocycles. The highest BCUT2D eigenvalue weighted by atomic mass is 32.2. The number of anilines is 1. The fourth-order valence-corrected chi connectivity index (χ4v) is 3.09. The van der Waals surface area contributed by atoms with Crippen LogP contribution in [0.4, 0.5) is 5.82 Å². The van der Waals surface area contributed by atoms with Crippen LogP contribution in [0.5, 0.6) is 0 Å². The van der Waals surface area contributed by atoms with Crippen LogP contribution in [-0.2, 0) is 10.0 Å². The fraction of sp³-hybridized carbons (Fsp3) is 0.417. The van der Waals surface area contributed by atoms with E-state index in [0.29, 0.717) is 18.7 Å². The highest BCUT2D eigenvalue weighted by Gasteiger charge is 2.23. The predicted octanol–water partition coefficient (Wildman–Crippen LogP) is 0.147. The number of fused-ring (bicyclic) bond motifs is 1. The van der Waals surface area contributed by atoms with Crippen LogP contribution >= 0.6 is 0 Å². The van der Waals surface area contributed by atoms with Crippen LogP contribution in [0.3, 0.4) is 0 Å². The molecule has 0 aromatic carbocycles. The van der Waals surface area contributed by atoms with Crippen molar-refractivity contribution in [1.29, 1.82) is 0 Å². The third kappa shape index (κ3) is 2.92. The second-order valence-corrected chi connectivity index (χ2v) is 6.21. The molecule has 20 heavy (non-hydrogen) atoms. The van der Waals surface area contributed by atoms with Gasteiger partial charge in [-0.15, -0.1) is 0 Å². The number of pyridine rings is 1. The van der Waals surface area contributed by atoms with Gasteiger partial charge in [-0.1, -0.05) is 13.0 Å². The first kappa shape index (κ1) is 14.8. The predicted molar refractivity (Wildman–Crippen MR) is 78.0 cm³/mol. The molecule has 2 aromatic heterocycles. The van der Waals surface area contributed by atoms with E-state index >= 15 is 0 Å². The number of hydrogen-bond donors (Lipinski definition) is 2. The highest BCUT2D eigenvalue weighted by molar-refractivity contribution is 7.89. The van der Waals surface area contributed by atoms with Crippen molar-refractivity contribution in [2.24, 2.45) is 0 Å². The summed E-state index contributed by atoms with van der Waals surface area (Å²) in [6.45, 7) is 3.83. The molecule has 0 atom stereocenters. The zero-order chi connectivity index (χ0) is 14.8.